The second kappa shape index (κ2) is 13.5. The molecular formula is C29H32N4O8S. The number of nitrogens with one attached hydrogen (secondary N) is 2. The number of thioether (sulfide) groups is 1. The molecule has 2 aromatic carbocycles. The number of carboxylic acid groups (broad SMARTS) is 1. The largest absolute Gasteiger partial charge is 0.478 e. The monoisotopic (exact) mass is 596 g/mol. The van der Waals surface area contributed by atoms with E-state index in [9.17, 15) is 33.9 Å². The number of likely N-dealkylation sites (N-methyl/N-ethyl adjacent to an activating group) is 1. The average molecular weight is 597 g/mol. The topological polar surface area (TPSA) is 162 Å². The molecule has 2 aliphatic rings. The smallest absolute Gasteiger partial charge is 0.338 e. The molecule has 0 aromatic heterocycles. The summed E-state index contributed by atoms with van der Waals surface area (Å²) in [6.45, 7) is -0.298. The number of benzene rings is 2. The minimum absolute atomic E-state index is 0.0522. The predicted octanol–water partition coefficient (Wildman–Crippen LogP) is 1.15. The molecule has 0 bridgehead atoms. The maximum Gasteiger partial charge on any atom is 0.338 e. The van der Waals surface area contributed by atoms with Gasteiger partial charge >= 0.3 is 11.9 Å². The fourth-order valence-electron chi connectivity index (χ4n) is 4.87. The van der Waals surface area contributed by atoms with Crippen LogP contribution in [0.1, 0.15) is 49.5 Å². The van der Waals surface area contributed by atoms with Gasteiger partial charge in [0.1, 0.15) is 24.7 Å². The molecule has 12 nitrogen and oxygen atoms in total. The molecule has 0 aliphatic carbocycles. The molecule has 1 saturated heterocycles. The molecule has 4 amide bonds. The molecule has 0 saturated carbocycles. The molecule has 2 aliphatic heterocycles. The van der Waals surface area contributed by atoms with Crippen molar-refractivity contribution in [2.75, 3.05) is 33.0 Å². The lowest BCUT2D eigenvalue weighted by molar-refractivity contribution is -0.136. The summed E-state index contributed by atoms with van der Waals surface area (Å²) < 4.78 is 5.45. The molecule has 0 unspecified atom stereocenters. The van der Waals surface area contributed by atoms with Crippen molar-refractivity contribution in [2.45, 2.75) is 36.7 Å². The summed E-state index contributed by atoms with van der Waals surface area (Å²) >= 11 is 1.37. The average Bonchev–Trinajstić information content (AvgIpc) is 3.47. The Labute approximate surface area is 246 Å². The minimum Gasteiger partial charge on any atom is -0.478 e. The number of carboxylic acids is 1. The molecule has 2 aromatic rings. The predicted molar refractivity (Wildman–Crippen MR) is 153 cm³/mol. The van der Waals surface area contributed by atoms with Crippen LogP contribution in [0.2, 0.25) is 0 Å². The molecule has 42 heavy (non-hydrogen) atoms. The van der Waals surface area contributed by atoms with E-state index < -0.39 is 54.4 Å². The van der Waals surface area contributed by atoms with Gasteiger partial charge in [-0.3, -0.25) is 19.2 Å². The Hall–Kier alpha value is -4.39. The summed E-state index contributed by atoms with van der Waals surface area (Å²) in [5, 5.41) is 14.8. The van der Waals surface area contributed by atoms with Gasteiger partial charge in [0.05, 0.1) is 16.7 Å². The van der Waals surface area contributed by atoms with E-state index in [1.165, 1.54) is 45.8 Å². The number of amides is 4. The van der Waals surface area contributed by atoms with Crippen molar-refractivity contribution in [3.05, 3.63) is 70.8 Å². The second-order valence-electron chi connectivity index (χ2n) is 10.1. The first-order chi connectivity index (χ1) is 20.1. The Balaban J connectivity index is 1.57. The third-order valence-corrected chi connectivity index (χ3v) is 8.14. The van der Waals surface area contributed by atoms with Crippen LogP contribution in [0.4, 0.5) is 0 Å². The van der Waals surface area contributed by atoms with Gasteiger partial charge in [0.25, 0.3) is 5.91 Å². The number of rotatable bonds is 5. The van der Waals surface area contributed by atoms with Crippen LogP contribution in [0, 0.1) is 0 Å². The Kier molecular flexibility index (Phi) is 9.84. The van der Waals surface area contributed by atoms with Crippen LogP contribution in [-0.4, -0.2) is 102 Å². The Bertz CT molecular complexity index is 1400. The minimum atomic E-state index is -1.36. The van der Waals surface area contributed by atoms with E-state index in [4.69, 9.17) is 4.74 Å². The van der Waals surface area contributed by atoms with E-state index in [-0.39, 0.29) is 35.8 Å². The molecule has 4 rings (SSSR count). The van der Waals surface area contributed by atoms with Crippen LogP contribution in [0.25, 0.3) is 0 Å². The molecule has 2 heterocycles. The van der Waals surface area contributed by atoms with E-state index >= 15 is 0 Å². The van der Waals surface area contributed by atoms with Gasteiger partial charge in [0, 0.05) is 32.1 Å². The fourth-order valence-corrected chi connectivity index (χ4v) is 5.92. The van der Waals surface area contributed by atoms with Gasteiger partial charge in [-0.05, 0) is 36.6 Å². The van der Waals surface area contributed by atoms with Gasteiger partial charge < -0.3 is 30.3 Å². The molecule has 1 fully saturated rings. The molecule has 0 radical (unpaired) electrons. The number of esters is 1. The number of aromatic carboxylic acids is 1. The Morgan fingerprint density at radius 1 is 1.05 bits per heavy atom. The summed E-state index contributed by atoms with van der Waals surface area (Å²) in [5.74, 6) is -3.65. The number of hydrogen-bond acceptors (Lipinski definition) is 8. The van der Waals surface area contributed by atoms with Crippen LogP contribution in [0.3, 0.4) is 0 Å². The number of cyclic esters (lactones) is 1. The maximum atomic E-state index is 13.5. The van der Waals surface area contributed by atoms with Gasteiger partial charge in [-0.25, -0.2) is 9.59 Å². The SMILES string of the molecule is CN(C)C(=O)[C@H]1CSCc2ccccc2C(=O)OC[C@@H](NC(=O)[C@@H]2CCCN2C(=O)c2ccccc2C(=O)O)C(=O)N1. The third-order valence-electron chi connectivity index (χ3n) is 7.05. The van der Waals surface area contributed by atoms with Gasteiger partial charge in [-0.15, -0.1) is 0 Å². The third kappa shape index (κ3) is 6.90. The van der Waals surface area contributed by atoms with Crippen LogP contribution in [-0.2, 0) is 24.9 Å². The van der Waals surface area contributed by atoms with E-state index in [1.807, 2.05) is 0 Å². The van der Waals surface area contributed by atoms with Crippen molar-refractivity contribution in [1.29, 1.82) is 0 Å². The highest BCUT2D eigenvalue weighted by Gasteiger charge is 2.38. The van der Waals surface area contributed by atoms with E-state index in [0.717, 1.165) is 0 Å². The van der Waals surface area contributed by atoms with Crippen LogP contribution < -0.4 is 10.6 Å². The summed E-state index contributed by atoms with van der Waals surface area (Å²) in [5.41, 5.74) is 0.784. The quantitative estimate of drug-likeness (QED) is 0.430. The van der Waals surface area contributed by atoms with E-state index in [2.05, 4.69) is 10.6 Å². The zero-order valence-corrected chi connectivity index (χ0v) is 24.0. The number of carbonyl (C=O) groups excluding carboxylic acids is 5. The highest BCUT2D eigenvalue weighted by atomic mass is 32.2. The fraction of sp³-hybridized carbons (Fsp3) is 0.379. The molecule has 222 valence electrons. The van der Waals surface area contributed by atoms with Crippen molar-refractivity contribution >= 4 is 47.3 Å². The first-order valence-electron chi connectivity index (χ1n) is 13.4. The lowest BCUT2D eigenvalue weighted by Gasteiger charge is -2.28. The number of nitrogens with zero attached hydrogens (tertiary/aromatic N) is 2. The zero-order valence-electron chi connectivity index (χ0n) is 23.2. The molecule has 13 heteroatoms. The normalized spacial score (nSPS) is 21.1. The first kappa shape index (κ1) is 30.6. The lowest BCUT2D eigenvalue weighted by Crippen LogP contribution is -2.58. The van der Waals surface area contributed by atoms with Crippen LogP contribution in [0.15, 0.2) is 48.5 Å². The first-order valence-corrected chi connectivity index (χ1v) is 14.5. The van der Waals surface area contributed by atoms with E-state index in [1.54, 1.807) is 38.4 Å². The van der Waals surface area contributed by atoms with Crippen molar-refractivity contribution in [3.63, 3.8) is 0 Å². The standard InChI is InChI=1S/C29H32N4O8S/c1-32(2)27(37)22-16-42-15-17-8-3-4-9-18(17)29(40)41-14-21(24(34)31-22)30-25(35)23-12-7-13-33(23)26(36)19-10-5-6-11-20(19)28(38)39/h3-6,8-11,21-23H,7,12-16H2,1-2H3,(H,30,35)(H,31,34)(H,38,39)/t21-,22-,23+/m1/s1. The Morgan fingerprint density at radius 3 is 2.45 bits per heavy atom. The van der Waals surface area contributed by atoms with Gasteiger partial charge in [0.15, 0.2) is 0 Å². The second-order valence-corrected chi connectivity index (χ2v) is 11.2. The summed E-state index contributed by atoms with van der Waals surface area (Å²) in [6.07, 6.45) is 0.769. The molecule has 0 spiro atoms. The summed E-state index contributed by atoms with van der Waals surface area (Å²) in [7, 11) is 3.14. The zero-order chi connectivity index (χ0) is 30.4. The highest BCUT2D eigenvalue weighted by Crippen LogP contribution is 2.23. The van der Waals surface area contributed by atoms with Crippen molar-refractivity contribution in [2.24, 2.45) is 0 Å². The number of likely N-dealkylation sites (tertiary alicyclic amines) is 1. The van der Waals surface area contributed by atoms with Gasteiger partial charge in [-0.1, -0.05) is 30.3 Å². The summed E-state index contributed by atoms with van der Waals surface area (Å²) in [6, 6.07) is 9.35. The molecule has 3 N–H and O–H groups in total. The van der Waals surface area contributed by atoms with Crippen molar-refractivity contribution in [3.8, 4) is 0 Å². The Morgan fingerprint density at radius 2 is 1.74 bits per heavy atom. The van der Waals surface area contributed by atoms with Crippen molar-refractivity contribution < 1.29 is 38.6 Å². The number of hydrogen-bond donors (Lipinski definition) is 3. The van der Waals surface area contributed by atoms with Crippen LogP contribution >= 0.6 is 11.8 Å². The highest BCUT2D eigenvalue weighted by molar-refractivity contribution is 7.98. The van der Waals surface area contributed by atoms with Crippen molar-refractivity contribution in [1.82, 2.24) is 20.4 Å². The number of carbonyl (C=O) groups is 6. The number of ether oxygens (including phenoxy) is 1. The lowest BCUT2D eigenvalue weighted by atomic mass is 10.1. The molecular weight excluding hydrogens is 564 g/mol. The van der Waals surface area contributed by atoms with E-state index in [0.29, 0.717) is 23.3 Å². The number of fused-ring (bicyclic) bond motifs is 1. The maximum absolute atomic E-state index is 13.5. The summed E-state index contributed by atoms with van der Waals surface area (Å²) in [4.78, 5) is 80.3. The van der Waals surface area contributed by atoms with Crippen LogP contribution in [0.5, 0.6) is 0 Å². The van der Waals surface area contributed by atoms with Gasteiger partial charge in [-0.2, -0.15) is 11.8 Å². The molecule has 3 atom stereocenters. The van der Waals surface area contributed by atoms with Gasteiger partial charge in [0.2, 0.25) is 17.7 Å².